The van der Waals surface area contributed by atoms with Crippen LogP contribution in [0.3, 0.4) is 0 Å². The van der Waals surface area contributed by atoms with E-state index in [4.69, 9.17) is 4.74 Å². The first-order valence-electron chi connectivity index (χ1n) is 5.92. The fraction of sp³-hybridized carbons (Fsp3) is 0.133. The van der Waals surface area contributed by atoms with Crippen LogP contribution in [0.25, 0.3) is 0 Å². The Morgan fingerprint density at radius 1 is 1.15 bits per heavy atom. The van der Waals surface area contributed by atoms with E-state index in [-0.39, 0.29) is 17.8 Å². The third-order valence-corrected chi connectivity index (χ3v) is 2.81. The molecule has 0 aliphatic heterocycles. The molecular weight excluding hydrogens is 261 g/mol. The van der Waals surface area contributed by atoms with Crippen molar-refractivity contribution in [1.29, 1.82) is 0 Å². The van der Waals surface area contributed by atoms with Crippen LogP contribution in [-0.4, -0.2) is 23.7 Å². The molecule has 0 radical (unpaired) electrons. The lowest BCUT2D eigenvalue weighted by Crippen LogP contribution is -2.10. The van der Waals surface area contributed by atoms with Crippen LogP contribution in [0.2, 0.25) is 0 Å². The second kappa shape index (κ2) is 6.06. The molecule has 2 aromatic rings. The number of carbonyl (C=O) groups is 2. The summed E-state index contributed by atoms with van der Waals surface area (Å²) in [6.07, 6.45) is 1.88. The molecule has 0 unspecified atom stereocenters. The highest BCUT2D eigenvalue weighted by atomic mass is 19.1. The van der Waals surface area contributed by atoms with Crippen LogP contribution < -0.4 is 4.74 Å². The first-order valence-corrected chi connectivity index (χ1v) is 5.92. The van der Waals surface area contributed by atoms with Crippen molar-refractivity contribution in [3.05, 3.63) is 59.7 Å². The van der Waals surface area contributed by atoms with Crippen LogP contribution in [0.1, 0.15) is 27.1 Å². The third kappa shape index (κ3) is 3.06. The maximum absolute atomic E-state index is 13.4. The Labute approximate surface area is 115 Å². The summed E-state index contributed by atoms with van der Waals surface area (Å²) in [4.78, 5) is 27.4. The molecule has 20 heavy (non-hydrogen) atoms. The number of pyridine rings is 1. The molecule has 1 aromatic carbocycles. The minimum absolute atomic E-state index is 0.123. The van der Waals surface area contributed by atoms with Crippen LogP contribution >= 0.6 is 0 Å². The molecule has 0 bridgehead atoms. The van der Waals surface area contributed by atoms with Crippen molar-refractivity contribution in [2.24, 2.45) is 0 Å². The zero-order valence-corrected chi connectivity index (χ0v) is 10.8. The van der Waals surface area contributed by atoms with Crippen LogP contribution in [0.5, 0.6) is 5.75 Å². The van der Waals surface area contributed by atoms with E-state index in [1.54, 1.807) is 24.3 Å². The Balaban J connectivity index is 2.11. The number of ketones is 2. The van der Waals surface area contributed by atoms with Gasteiger partial charge in [-0.3, -0.25) is 14.6 Å². The van der Waals surface area contributed by atoms with Crippen molar-refractivity contribution in [2.45, 2.75) is 6.42 Å². The van der Waals surface area contributed by atoms with Crippen molar-refractivity contribution in [3.63, 3.8) is 0 Å². The number of halogens is 1. The predicted molar refractivity (Wildman–Crippen MR) is 70.5 cm³/mol. The van der Waals surface area contributed by atoms with Crippen LogP contribution in [-0.2, 0) is 0 Å². The van der Waals surface area contributed by atoms with Gasteiger partial charge in [-0.05, 0) is 30.3 Å². The number of aromatic nitrogens is 1. The number of hydrogen-bond acceptors (Lipinski definition) is 4. The number of rotatable bonds is 5. The lowest BCUT2D eigenvalue weighted by Gasteiger charge is -2.03. The van der Waals surface area contributed by atoms with Crippen molar-refractivity contribution < 1.29 is 18.7 Å². The van der Waals surface area contributed by atoms with E-state index >= 15 is 0 Å². The summed E-state index contributed by atoms with van der Waals surface area (Å²) in [6, 6.07) is 7.66. The van der Waals surface area contributed by atoms with Crippen molar-refractivity contribution in [1.82, 2.24) is 4.98 Å². The highest BCUT2D eigenvalue weighted by molar-refractivity contribution is 6.13. The van der Waals surface area contributed by atoms with E-state index in [1.807, 2.05) is 0 Å². The van der Waals surface area contributed by atoms with Gasteiger partial charge in [-0.1, -0.05) is 0 Å². The molecule has 0 spiro atoms. The summed E-state index contributed by atoms with van der Waals surface area (Å²) in [5.74, 6) is -1.03. The summed E-state index contributed by atoms with van der Waals surface area (Å²) < 4.78 is 18.4. The third-order valence-electron chi connectivity index (χ3n) is 2.81. The zero-order valence-electron chi connectivity index (χ0n) is 10.8. The van der Waals surface area contributed by atoms with Crippen molar-refractivity contribution in [3.8, 4) is 5.75 Å². The first-order chi connectivity index (χ1) is 9.61. The monoisotopic (exact) mass is 273 g/mol. The molecule has 0 saturated heterocycles. The summed E-state index contributed by atoms with van der Waals surface area (Å²) in [5, 5.41) is 0. The molecule has 0 aliphatic rings. The molecule has 0 amide bonds. The lowest BCUT2D eigenvalue weighted by atomic mass is 10.0. The number of methoxy groups -OCH3 is 1. The molecule has 1 aromatic heterocycles. The minimum atomic E-state index is -0.722. The molecular formula is C15H12FNO3. The average Bonchev–Trinajstić information content (AvgIpc) is 2.47. The Bertz CT molecular complexity index is 638. The fourth-order valence-electron chi connectivity index (χ4n) is 1.72. The number of hydrogen-bond donors (Lipinski definition) is 0. The van der Waals surface area contributed by atoms with Crippen molar-refractivity contribution >= 4 is 11.6 Å². The van der Waals surface area contributed by atoms with Gasteiger partial charge in [0.2, 0.25) is 0 Å². The number of Topliss-reactive ketones (excluding diaryl/α,β-unsaturated/α-hetero) is 2. The van der Waals surface area contributed by atoms with E-state index in [2.05, 4.69) is 4.98 Å². The van der Waals surface area contributed by atoms with Gasteiger partial charge >= 0.3 is 0 Å². The van der Waals surface area contributed by atoms with E-state index in [9.17, 15) is 14.0 Å². The second-order valence-electron chi connectivity index (χ2n) is 4.11. The zero-order chi connectivity index (χ0) is 14.5. The second-order valence-corrected chi connectivity index (χ2v) is 4.11. The molecule has 0 aliphatic carbocycles. The summed E-state index contributed by atoms with van der Waals surface area (Å²) in [7, 11) is 1.52. The molecule has 0 saturated carbocycles. The maximum Gasteiger partial charge on any atom is 0.173 e. The number of carbonyl (C=O) groups excluding carboxylic acids is 2. The Morgan fingerprint density at radius 3 is 2.45 bits per heavy atom. The Morgan fingerprint density at radius 2 is 1.85 bits per heavy atom. The molecule has 0 atom stereocenters. The number of nitrogens with zero attached hydrogens (tertiary/aromatic N) is 1. The van der Waals surface area contributed by atoms with E-state index in [0.29, 0.717) is 11.3 Å². The number of benzene rings is 1. The average molecular weight is 273 g/mol. The molecule has 2 rings (SSSR count). The molecule has 0 N–H and O–H groups in total. The first kappa shape index (κ1) is 13.9. The van der Waals surface area contributed by atoms with Gasteiger partial charge in [0.1, 0.15) is 5.75 Å². The molecule has 0 fully saturated rings. The highest BCUT2D eigenvalue weighted by Gasteiger charge is 2.16. The smallest absolute Gasteiger partial charge is 0.173 e. The SMILES string of the molecule is COc1ccc(C(=O)CC(=O)c2ccncc2F)cc1. The normalized spacial score (nSPS) is 10.1. The van der Waals surface area contributed by atoms with Crippen LogP contribution in [0.15, 0.2) is 42.7 Å². The Hall–Kier alpha value is -2.56. The fourth-order valence-corrected chi connectivity index (χ4v) is 1.72. The molecule has 5 heteroatoms. The standard InChI is InChI=1S/C15H12FNO3/c1-20-11-4-2-10(3-5-11)14(18)8-15(19)12-6-7-17-9-13(12)16/h2-7,9H,8H2,1H3. The van der Waals surface area contributed by atoms with Gasteiger partial charge in [-0.25, -0.2) is 4.39 Å². The van der Waals surface area contributed by atoms with Gasteiger partial charge in [0.25, 0.3) is 0 Å². The van der Waals surface area contributed by atoms with Crippen LogP contribution in [0, 0.1) is 5.82 Å². The maximum atomic E-state index is 13.4. The Kier molecular flexibility index (Phi) is 4.20. The highest BCUT2D eigenvalue weighted by Crippen LogP contribution is 2.15. The van der Waals surface area contributed by atoms with Crippen LogP contribution in [0.4, 0.5) is 4.39 Å². The lowest BCUT2D eigenvalue weighted by molar-refractivity contribution is 0.0892. The van der Waals surface area contributed by atoms with Gasteiger partial charge < -0.3 is 4.74 Å². The van der Waals surface area contributed by atoms with E-state index in [0.717, 1.165) is 6.20 Å². The number of ether oxygens (including phenoxy) is 1. The van der Waals surface area contributed by atoms with E-state index < -0.39 is 11.6 Å². The molecule has 4 nitrogen and oxygen atoms in total. The van der Waals surface area contributed by atoms with Gasteiger partial charge in [0, 0.05) is 11.8 Å². The molecule has 102 valence electrons. The molecule has 1 heterocycles. The summed E-state index contributed by atoms with van der Waals surface area (Å²) in [5.41, 5.74) is 0.260. The van der Waals surface area contributed by atoms with Crippen molar-refractivity contribution in [2.75, 3.05) is 7.11 Å². The summed E-state index contributed by atoms with van der Waals surface area (Å²) in [6.45, 7) is 0. The van der Waals surface area contributed by atoms with E-state index in [1.165, 1.54) is 19.4 Å². The van der Waals surface area contributed by atoms with Gasteiger partial charge in [-0.2, -0.15) is 0 Å². The largest absolute Gasteiger partial charge is 0.497 e. The topological polar surface area (TPSA) is 56.3 Å². The van der Waals surface area contributed by atoms with Gasteiger partial charge in [0.15, 0.2) is 17.4 Å². The quantitative estimate of drug-likeness (QED) is 0.621. The predicted octanol–water partition coefficient (Wildman–Crippen LogP) is 2.69. The van der Waals surface area contributed by atoms with Gasteiger partial charge in [0.05, 0.1) is 25.3 Å². The summed E-state index contributed by atoms with van der Waals surface area (Å²) >= 11 is 0. The van der Waals surface area contributed by atoms with Gasteiger partial charge in [-0.15, -0.1) is 0 Å². The minimum Gasteiger partial charge on any atom is -0.497 e.